The number of halogens is 1. The molecule has 0 fully saturated rings. The van der Waals surface area contributed by atoms with E-state index in [1.165, 1.54) is 5.56 Å². The quantitative estimate of drug-likeness (QED) is 0.729. The van der Waals surface area contributed by atoms with Gasteiger partial charge >= 0.3 is 0 Å². The standard InChI is InChI=1S/C15H24ClN/c1-10-12(17-15(5,6)7)9-8-11(13(10)16)14(2,3)4/h8-9,17H,1-7H3. The van der Waals surface area contributed by atoms with E-state index in [4.69, 9.17) is 11.6 Å². The second-order valence-corrected chi connectivity index (χ2v) is 7.10. The Labute approximate surface area is 111 Å². The van der Waals surface area contributed by atoms with Crippen LogP contribution in [0.5, 0.6) is 0 Å². The van der Waals surface area contributed by atoms with Crippen LogP contribution in [0.25, 0.3) is 0 Å². The number of rotatable bonds is 1. The molecule has 0 aromatic heterocycles. The zero-order valence-corrected chi connectivity index (χ0v) is 12.8. The lowest BCUT2D eigenvalue weighted by Gasteiger charge is -2.27. The molecule has 1 N–H and O–H groups in total. The molecule has 0 amide bonds. The molecule has 0 radical (unpaired) electrons. The van der Waals surface area contributed by atoms with Crippen LogP contribution in [0.15, 0.2) is 12.1 Å². The molecular formula is C15H24ClN. The van der Waals surface area contributed by atoms with E-state index in [-0.39, 0.29) is 11.0 Å². The molecule has 0 aliphatic heterocycles. The van der Waals surface area contributed by atoms with Crippen molar-refractivity contribution in [1.29, 1.82) is 0 Å². The van der Waals surface area contributed by atoms with Crippen molar-refractivity contribution in [2.75, 3.05) is 5.32 Å². The summed E-state index contributed by atoms with van der Waals surface area (Å²) in [5, 5.41) is 4.37. The van der Waals surface area contributed by atoms with Crippen molar-refractivity contribution in [3.8, 4) is 0 Å². The molecule has 0 saturated carbocycles. The third kappa shape index (κ3) is 3.64. The van der Waals surface area contributed by atoms with E-state index < -0.39 is 0 Å². The average Bonchev–Trinajstić information content (AvgIpc) is 2.08. The number of benzene rings is 1. The summed E-state index contributed by atoms with van der Waals surface area (Å²) < 4.78 is 0. The Morgan fingerprint density at radius 3 is 1.94 bits per heavy atom. The summed E-state index contributed by atoms with van der Waals surface area (Å²) in [5.74, 6) is 0. The highest BCUT2D eigenvalue weighted by Crippen LogP contribution is 2.35. The predicted molar refractivity (Wildman–Crippen MR) is 78.3 cm³/mol. The van der Waals surface area contributed by atoms with Gasteiger partial charge in [0.2, 0.25) is 0 Å². The molecular weight excluding hydrogens is 230 g/mol. The fourth-order valence-electron chi connectivity index (χ4n) is 1.80. The zero-order valence-electron chi connectivity index (χ0n) is 12.0. The van der Waals surface area contributed by atoms with E-state index in [1.54, 1.807) is 0 Å². The van der Waals surface area contributed by atoms with Gasteiger partial charge in [-0.3, -0.25) is 0 Å². The zero-order chi connectivity index (χ0) is 13.4. The Hall–Kier alpha value is -0.690. The summed E-state index contributed by atoms with van der Waals surface area (Å²) in [6.07, 6.45) is 0. The van der Waals surface area contributed by atoms with Gasteiger partial charge in [-0.2, -0.15) is 0 Å². The summed E-state index contributed by atoms with van der Waals surface area (Å²) >= 11 is 6.47. The number of hydrogen-bond donors (Lipinski definition) is 1. The molecule has 96 valence electrons. The van der Waals surface area contributed by atoms with Crippen LogP contribution in [0, 0.1) is 6.92 Å². The summed E-state index contributed by atoms with van der Waals surface area (Å²) in [6.45, 7) is 15.1. The van der Waals surface area contributed by atoms with Crippen LogP contribution in [-0.2, 0) is 5.41 Å². The molecule has 1 aromatic rings. The van der Waals surface area contributed by atoms with Crippen molar-refractivity contribution < 1.29 is 0 Å². The van der Waals surface area contributed by atoms with Gasteiger partial charge in [0.25, 0.3) is 0 Å². The molecule has 0 spiro atoms. The largest absolute Gasteiger partial charge is 0.380 e. The molecule has 0 bridgehead atoms. The normalized spacial score (nSPS) is 12.7. The molecule has 17 heavy (non-hydrogen) atoms. The molecule has 1 aromatic carbocycles. The number of nitrogens with one attached hydrogen (secondary N) is 1. The minimum atomic E-state index is 0.0529. The van der Waals surface area contributed by atoms with Crippen molar-refractivity contribution in [3.05, 3.63) is 28.3 Å². The fraction of sp³-hybridized carbons (Fsp3) is 0.600. The molecule has 0 saturated heterocycles. The molecule has 0 atom stereocenters. The fourth-order valence-corrected chi connectivity index (χ4v) is 2.25. The van der Waals surface area contributed by atoms with Gasteiger partial charge in [0.15, 0.2) is 0 Å². The average molecular weight is 254 g/mol. The van der Waals surface area contributed by atoms with Crippen LogP contribution in [0.1, 0.15) is 52.7 Å². The van der Waals surface area contributed by atoms with Crippen molar-refractivity contribution in [1.82, 2.24) is 0 Å². The van der Waals surface area contributed by atoms with Gasteiger partial charge in [0.1, 0.15) is 0 Å². The van der Waals surface area contributed by atoms with Gasteiger partial charge in [0, 0.05) is 16.2 Å². The Kier molecular flexibility index (Phi) is 3.83. The molecule has 0 unspecified atom stereocenters. The van der Waals surface area contributed by atoms with E-state index in [9.17, 15) is 0 Å². The van der Waals surface area contributed by atoms with E-state index in [1.807, 2.05) is 0 Å². The third-order valence-electron chi connectivity index (χ3n) is 2.70. The van der Waals surface area contributed by atoms with Crippen LogP contribution in [0.2, 0.25) is 5.02 Å². The molecule has 2 heteroatoms. The monoisotopic (exact) mass is 253 g/mol. The first kappa shape index (κ1) is 14.4. The Bertz CT molecular complexity index is 408. The van der Waals surface area contributed by atoms with Crippen molar-refractivity contribution in [3.63, 3.8) is 0 Å². The lowest BCUT2D eigenvalue weighted by atomic mass is 9.85. The maximum absolute atomic E-state index is 6.47. The topological polar surface area (TPSA) is 12.0 Å². The maximum atomic E-state index is 6.47. The van der Waals surface area contributed by atoms with Crippen LogP contribution < -0.4 is 5.32 Å². The smallest absolute Gasteiger partial charge is 0.0493 e. The second-order valence-electron chi connectivity index (χ2n) is 6.72. The minimum Gasteiger partial charge on any atom is -0.380 e. The third-order valence-corrected chi connectivity index (χ3v) is 3.19. The lowest BCUT2D eigenvalue weighted by Crippen LogP contribution is -2.26. The van der Waals surface area contributed by atoms with Gasteiger partial charge in [-0.1, -0.05) is 38.4 Å². The highest BCUT2D eigenvalue weighted by atomic mass is 35.5. The first-order chi connectivity index (χ1) is 7.52. The molecule has 0 heterocycles. The summed E-state index contributed by atoms with van der Waals surface area (Å²) in [6, 6.07) is 4.26. The van der Waals surface area contributed by atoms with Gasteiger partial charge in [0.05, 0.1) is 0 Å². The van der Waals surface area contributed by atoms with Gasteiger partial charge < -0.3 is 5.32 Å². The first-order valence-corrected chi connectivity index (χ1v) is 6.48. The maximum Gasteiger partial charge on any atom is 0.0493 e. The molecule has 1 rings (SSSR count). The van der Waals surface area contributed by atoms with Crippen molar-refractivity contribution >= 4 is 17.3 Å². The summed E-state index contributed by atoms with van der Waals surface area (Å²) in [7, 11) is 0. The van der Waals surface area contributed by atoms with E-state index in [0.29, 0.717) is 0 Å². The first-order valence-electron chi connectivity index (χ1n) is 6.10. The van der Waals surface area contributed by atoms with Crippen LogP contribution >= 0.6 is 11.6 Å². The molecule has 1 nitrogen and oxygen atoms in total. The van der Waals surface area contributed by atoms with Gasteiger partial charge in [-0.25, -0.2) is 0 Å². The SMILES string of the molecule is Cc1c(NC(C)(C)C)ccc(C(C)(C)C)c1Cl. The molecule has 0 aliphatic rings. The minimum absolute atomic E-state index is 0.0529. The van der Waals surface area contributed by atoms with Gasteiger partial charge in [-0.05, 0) is 50.3 Å². The predicted octanol–water partition coefficient (Wildman–Crippen LogP) is 5.16. The van der Waals surface area contributed by atoms with Gasteiger partial charge in [-0.15, -0.1) is 0 Å². The highest BCUT2D eigenvalue weighted by Gasteiger charge is 2.20. The van der Waals surface area contributed by atoms with E-state index in [2.05, 4.69) is 65.9 Å². The summed E-state index contributed by atoms with van der Waals surface area (Å²) in [5.41, 5.74) is 3.60. The summed E-state index contributed by atoms with van der Waals surface area (Å²) in [4.78, 5) is 0. The Morgan fingerprint density at radius 1 is 1.00 bits per heavy atom. The Morgan fingerprint density at radius 2 is 1.53 bits per heavy atom. The number of hydrogen-bond acceptors (Lipinski definition) is 1. The van der Waals surface area contributed by atoms with E-state index in [0.717, 1.165) is 16.3 Å². The molecule has 0 aliphatic carbocycles. The van der Waals surface area contributed by atoms with Crippen molar-refractivity contribution in [2.45, 2.75) is 59.4 Å². The van der Waals surface area contributed by atoms with Crippen molar-refractivity contribution in [2.24, 2.45) is 0 Å². The van der Waals surface area contributed by atoms with Crippen LogP contribution in [-0.4, -0.2) is 5.54 Å². The van der Waals surface area contributed by atoms with E-state index >= 15 is 0 Å². The number of anilines is 1. The second kappa shape index (κ2) is 4.53. The highest BCUT2D eigenvalue weighted by molar-refractivity contribution is 6.32. The van der Waals surface area contributed by atoms with Crippen LogP contribution in [0.3, 0.4) is 0 Å². The Balaban J connectivity index is 3.21. The lowest BCUT2D eigenvalue weighted by molar-refractivity contribution is 0.589. The van der Waals surface area contributed by atoms with Crippen LogP contribution in [0.4, 0.5) is 5.69 Å².